The van der Waals surface area contributed by atoms with E-state index in [1.807, 2.05) is 46.0 Å². The molecule has 2 aromatic rings. The smallest absolute Gasteiger partial charge is 0.123 e. The number of allylic oxidation sites excluding steroid dienone is 5. The number of thiazole rings is 1. The molecule has 0 bridgehead atoms. The minimum atomic E-state index is 0.0540. The highest BCUT2D eigenvalue weighted by Gasteiger charge is 2.18. The zero-order valence-electron chi connectivity index (χ0n) is 17.7. The Morgan fingerprint density at radius 1 is 1.21 bits per heavy atom. The van der Waals surface area contributed by atoms with Crippen molar-refractivity contribution in [2.45, 2.75) is 59.5 Å². The van der Waals surface area contributed by atoms with E-state index in [1.54, 1.807) is 11.3 Å². The van der Waals surface area contributed by atoms with E-state index in [-0.39, 0.29) is 6.10 Å². The maximum Gasteiger partial charge on any atom is 0.123 e. The second-order valence-electron chi connectivity index (χ2n) is 7.15. The Hall–Kier alpha value is -2.64. The third kappa shape index (κ3) is 4.68. The molecule has 1 aromatic heterocycles. The Bertz CT molecular complexity index is 1000. The van der Waals surface area contributed by atoms with E-state index in [0.717, 1.165) is 22.8 Å². The summed E-state index contributed by atoms with van der Waals surface area (Å²) < 4.78 is 5.83. The Morgan fingerprint density at radius 3 is 2.79 bits per heavy atom. The minimum Gasteiger partial charge on any atom is -0.494 e. The Labute approximate surface area is 178 Å². The first-order chi connectivity index (χ1) is 14.2. The van der Waals surface area contributed by atoms with Gasteiger partial charge in [0.2, 0.25) is 0 Å². The van der Waals surface area contributed by atoms with Crippen molar-refractivity contribution in [3.8, 4) is 16.5 Å². The number of hydrogen-bond donors (Lipinski definition) is 0. The number of hydrogen-bond acceptors (Lipinski definition) is 4. The van der Waals surface area contributed by atoms with Gasteiger partial charge in [-0.05, 0) is 55.9 Å². The van der Waals surface area contributed by atoms with Gasteiger partial charge in [0, 0.05) is 18.2 Å². The Kier molecular flexibility index (Phi) is 7.06. The van der Waals surface area contributed by atoms with Crippen molar-refractivity contribution in [2.75, 3.05) is 0 Å². The van der Waals surface area contributed by atoms with E-state index >= 15 is 0 Å². The van der Waals surface area contributed by atoms with Crippen LogP contribution >= 0.6 is 11.3 Å². The van der Waals surface area contributed by atoms with Crippen molar-refractivity contribution in [1.82, 2.24) is 4.98 Å². The van der Waals surface area contributed by atoms with E-state index in [0.29, 0.717) is 12.0 Å². The van der Waals surface area contributed by atoms with Crippen molar-refractivity contribution in [2.24, 2.45) is 0 Å². The molecule has 3 nitrogen and oxygen atoms in total. The van der Waals surface area contributed by atoms with E-state index in [4.69, 9.17) is 4.74 Å². The van der Waals surface area contributed by atoms with Crippen LogP contribution in [-0.2, 0) is 17.6 Å². The molecule has 0 N–H and O–H groups in total. The van der Waals surface area contributed by atoms with Crippen molar-refractivity contribution in [3.63, 3.8) is 0 Å². The molecule has 1 aromatic carbocycles. The van der Waals surface area contributed by atoms with Crippen molar-refractivity contribution in [1.29, 1.82) is 5.26 Å². The average Bonchev–Trinajstić information content (AvgIpc) is 3.36. The Morgan fingerprint density at radius 2 is 2.03 bits per heavy atom. The van der Waals surface area contributed by atoms with Crippen LogP contribution < -0.4 is 0 Å². The maximum atomic E-state index is 9.58. The van der Waals surface area contributed by atoms with Crippen LogP contribution in [0.5, 0.6) is 0 Å². The van der Waals surface area contributed by atoms with Gasteiger partial charge >= 0.3 is 0 Å². The zero-order valence-corrected chi connectivity index (χ0v) is 18.5. The molecule has 0 aliphatic heterocycles. The highest BCUT2D eigenvalue weighted by Crippen LogP contribution is 2.37. The van der Waals surface area contributed by atoms with Gasteiger partial charge in [0.1, 0.15) is 16.8 Å². The van der Waals surface area contributed by atoms with Crippen LogP contribution in [-0.4, -0.2) is 11.1 Å². The standard InChI is InChI=1S/C23H22N2OS.C2H6/c1-15(2)26-21-11-5-8-17(12-18(21)13-24)23-25-14-22(27-23)20-10-4-7-16-6-3-9-19(16)20;1-2/h4-5,7-8,10,12,14-15H,3,6,9,11H2,1-2H3;1-2H3. The predicted molar refractivity (Wildman–Crippen MR) is 122 cm³/mol. The van der Waals surface area contributed by atoms with Crippen LogP contribution in [0.15, 0.2) is 54.0 Å². The number of benzene rings is 1. The molecule has 0 radical (unpaired) electrons. The van der Waals surface area contributed by atoms with Gasteiger partial charge in [0.05, 0.1) is 16.6 Å². The van der Waals surface area contributed by atoms with E-state index < -0.39 is 0 Å². The maximum absolute atomic E-state index is 9.58. The molecular weight excluding hydrogens is 376 g/mol. The number of aryl methyl sites for hydroxylation is 1. The van der Waals surface area contributed by atoms with Gasteiger partial charge in [-0.25, -0.2) is 4.98 Å². The molecule has 2 aliphatic rings. The fraction of sp³-hybridized carbons (Fsp3) is 0.360. The molecule has 150 valence electrons. The summed E-state index contributed by atoms with van der Waals surface area (Å²) in [6, 6.07) is 8.88. The van der Waals surface area contributed by atoms with Crippen LogP contribution in [0.4, 0.5) is 0 Å². The lowest BCUT2D eigenvalue weighted by molar-refractivity contribution is 0.142. The van der Waals surface area contributed by atoms with Crippen LogP contribution in [0.1, 0.15) is 56.7 Å². The molecule has 0 saturated heterocycles. The molecule has 4 rings (SSSR count). The van der Waals surface area contributed by atoms with Gasteiger partial charge in [-0.1, -0.05) is 44.2 Å². The SMILES string of the molecule is CC.CC(C)OC1=C(C#N)C=C(c2ncc(-c3cccc4c3CCC4)s2)C=CC1. The van der Waals surface area contributed by atoms with Gasteiger partial charge in [0.15, 0.2) is 0 Å². The lowest BCUT2D eigenvalue weighted by Gasteiger charge is -2.12. The summed E-state index contributed by atoms with van der Waals surface area (Å²) in [5.74, 6) is 0.733. The summed E-state index contributed by atoms with van der Waals surface area (Å²) in [6.45, 7) is 7.96. The summed E-state index contributed by atoms with van der Waals surface area (Å²) in [5.41, 5.74) is 5.81. The first-order valence-electron chi connectivity index (χ1n) is 10.4. The third-order valence-corrected chi connectivity index (χ3v) is 5.94. The molecule has 0 fully saturated rings. The molecule has 0 saturated carbocycles. The first-order valence-corrected chi connectivity index (χ1v) is 11.2. The minimum absolute atomic E-state index is 0.0540. The fourth-order valence-electron chi connectivity index (χ4n) is 3.69. The van der Waals surface area contributed by atoms with Crippen LogP contribution in [0.25, 0.3) is 16.0 Å². The molecule has 0 spiro atoms. The van der Waals surface area contributed by atoms with Crippen molar-refractivity contribution >= 4 is 16.9 Å². The number of nitrogens with zero attached hydrogens (tertiary/aromatic N) is 2. The molecule has 4 heteroatoms. The topological polar surface area (TPSA) is 45.9 Å². The van der Waals surface area contributed by atoms with Crippen LogP contribution in [0.3, 0.4) is 0 Å². The van der Waals surface area contributed by atoms with E-state index in [2.05, 4.69) is 35.3 Å². The monoisotopic (exact) mass is 404 g/mol. The molecule has 0 atom stereocenters. The van der Waals surface area contributed by atoms with E-state index in [1.165, 1.54) is 34.4 Å². The highest BCUT2D eigenvalue weighted by atomic mass is 32.1. The average molecular weight is 405 g/mol. The summed E-state index contributed by atoms with van der Waals surface area (Å²) in [5, 5.41) is 10.5. The van der Waals surface area contributed by atoms with Gasteiger partial charge in [-0.15, -0.1) is 11.3 Å². The first kappa shape index (κ1) is 21.1. The predicted octanol–water partition coefficient (Wildman–Crippen LogP) is 6.87. The molecule has 29 heavy (non-hydrogen) atoms. The zero-order chi connectivity index (χ0) is 20.8. The molecular formula is C25H28N2OS. The van der Waals surface area contributed by atoms with Crippen molar-refractivity contribution < 1.29 is 4.74 Å². The van der Waals surface area contributed by atoms with Crippen molar-refractivity contribution in [3.05, 3.63) is 70.1 Å². The summed E-state index contributed by atoms with van der Waals surface area (Å²) in [6.07, 6.45) is 12.2. The molecule has 2 aliphatic carbocycles. The Balaban J connectivity index is 0.00000117. The number of aromatic nitrogens is 1. The highest BCUT2D eigenvalue weighted by molar-refractivity contribution is 7.16. The second-order valence-corrected chi connectivity index (χ2v) is 8.18. The molecule has 1 heterocycles. The lowest BCUT2D eigenvalue weighted by atomic mass is 10.0. The van der Waals surface area contributed by atoms with Gasteiger partial charge in [0.25, 0.3) is 0 Å². The fourth-order valence-corrected chi connectivity index (χ4v) is 4.66. The summed E-state index contributed by atoms with van der Waals surface area (Å²) in [7, 11) is 0. The molecule has 0 unspecified atom stereocenters. The normalized spacial score (nSPS) is 15.2. The van der Waals surface area contributed by atoms with Crippen LogP contribution in [0, 0.1) is 11.3 Å². The van der Waals surface area contributed by atoms with E-state index in [9.17, 15) is 5.26 Å². The van der Waals surface area contributed by atoms with Crippen LogP contribution in [0.2, 0.25) is 0 Å². The number of nitriles is 1. The largest absolute Gasteiger partial charge is 0.494 e. The number of rotatable bonds is 4. The third-order valence-electron chi connectivity index (χ3n) is 4.86. The second kappa shape index (κ2) is 9.71. The number of fused-ring (bicyclic) bond motifs is 1. The van der Waals surface area contributed by atoms with Gasteiger partial charge in [-0.2, -0.15) is 5.26 Å². The summed E-state index contributed by atoms with van der Waals surface area (Å²) >= 11 is 1.69. The van der Waals surface area contributed by atoms with Gasteiger partial charge in [-0.3, -0.25) is 0 Å². The number of ether oxygens (including phenoxy) is 1. The van der Waals surface area contributed by atoms with Gasteiger partial charge < -0.3 is 4.74 Å². The quantitative estimate of drug-likeness (QED) is 0.558. The molecule has 0 amide bonds. The summed E-state index contributed by atoms with van der Waals surface area (Å²) in [4.78, 5) is 5.86. The lowest BCUT2D eigenvalue weighted by Crippen LogP contribution is -2.03.